The SMILES string of the molecule is CC(C)n1c(C(=O)O)cc2cc(S(=O)(=O)N(C)C)ccc21. The van der Waals surface area contributed by atoms with Crippen LogP contribution in [0.1, 0.15) is 30.4 Å². The molecular formula is C14H18N2O4S. The number of hydrogen-bond acceptors (Lipinski definition) is 3. The minimum absolute atomic E-state index is 0.0371. The van der Waals surface area contributed by atoms with Gasteiger partial charge < -0.3 is 9.67 Å². The lowest BCUT2D eigenvalue weighted by atomic mass is 10.2. The Labute approximate surface area is 123 Å². The van der Waals surface area contributed by atoms with Crippen molar-refractivity contribution in [2.75, 3.05) is 14.1 Å². The van der Waals surface area contributed by atoms with Gasteiger partial charge in [-0.15, -0.1) is 0 Å². The number of rotatable bonds is 4. The van der Waals surface area contributed by atoms with Gasteiger partial charge in [0.2, 0.25) is 10.0 Å². The van der Waals surface area contributed by atoms with Crippen molar-refractivity contribution in [2.24, 2.45) is 0 Å². The van der Waals surface area contributed by atoms with Gasteiger partial charge in [-0.25, -0.2) is 17.5 Å². The van der Waals surface area contributed by atoms with Crippen molar-refractivity contribution in [3.63, 3.8) is 0 Å². The number of sulfonamides is 1. The molecule has 0 amide bonds. The third-order valence-electron chi connectivity index (χ3n) is 3.32. The smallest absolute Gasteiger partial charge is 0.352 e. The van der Waals surface area contributed by atoms with Crippen molar-refractivity contribution >= 4 is 26.9 Å². The molecule has 0 saturated carbocycles. The fourth-order valence-electron chi connectivity index (χ4n) is 2.31. The second kappa shape index (κ2) is 5.16. The van der Waals surface area contributed by atoms with Crippen LogP contribution in [0.4, 0.5) is 0 Å². The van der Waals surface area contributed by atoms with E-state index in [1.165, 1.54) is 32.3 Å². The van der Waals surface area contributed by atoms with Crippen LogP contribution in [-0.2, 0) is 10.0 Å². The number of aromatic nitrogens is 1. The normalized spacial score (nSPS) is 12.5. The number of carbonyl (C=O) groups is 1. The monoisotopic (exact) mass is 310 g/mol. The molecule has 6 nitrogen and oxygen atoms in total. The van der Waals surface area contributed by atoms with Crippen LogP contribution in [0, 0.1) is 0 Å². The van der Waals surface area contributed by atoms with Crippen molar-refractivity contribution in [2.45, 2.75) is 24.8 Å². The predicted octanol–water partition coefficient (Wildman–Crippen LogP) is 2.17. The van der Waals surface area contributed by atoms with Crippen molar-refractivity contribution in [1.29, 1.82) is 0 Å². The van der Waals surface area contributed by atoms with E-state index >= 15 is 0 Å². The van der Waals surface area contributed by atoms with Crippen molar-refractivity contribution in [3.8, 4) is 0 Å². The third kappa shape index (κ3) is 2.54. The summed E-state index contributed by atoms with van der Waals surface area (Å²) in [6.07, 6.45) is 0. The fraction of sp³-hybridized carbons (Fsp3) is 0.357. The molecule has 0 atom stereocenters. The standard InChI is InChI=1S/C14H18N2O4S/c1-9(2)16-12-6-5-11(21(19,20)15(3)4)7-10(12)8-13(16)14(17)18/h5-9H,1-4H3,(H,17,18). The van der Waals surface area contributed by atoms with Crippen molar-refractivity contribution in [3.05, 3.63) is 30.0 Å². The molecule has 0 saturated heterocycles. The third-order valence-corrected chi connectivity index (χ3v) is 5.14. The van der Waals surface area contributed by atoms with Gasteiger partial charge in [-0.1, -0.05) is 0 Å². The molecule has 0 spiro atoms. The van der Waals surface area contributed by atoms with Crippen LogP contribution in [-0.4, -0.2) is 42.5 Å². The lowest BCUT2D eigenvalue weighted by molar-refractivity contribution is 0.0684. The Kier molecular flexibility index (Phi) is 3.81. The number of carboxylic acid groups (broad SMARTS) is 1. The molecular weight excluding hydrogens is 292 g/mol. The summed E-state index contributed by atoms with van der Waals surface area (Å²) in [5.41, 5.74) is 0.861. The molecule has 1 aromatic heterocycles. The number of aromatic carboxylic acids is 1. The van der Waals surface area contributed by atoms with Crippen molar-refractivity contribution < 1.29 is 18.3 Å². The van der Waals surface area contributed by atoms with Gasteiger partial charge >= 0.3 is 5.97 Å². The number of hydrogen-bond donors (Lipinski definition) is 1. The molecule has 0 radical (unpaired) electrons. The molecule has 2 aromatic rings. The molecule has 0 fully saturated rings. The van der Waals surface area contributed by atoms with E-state index in [1.54, 1.807) is 10.6 Å². The van der Waals surface area contributed by atoms with Crippen LogP contribution >= 0.6 is 0 Å². The number of carboxylic acids is 1. The molecule has 1 heterocycles. The summed E-state index contributed by atoms with van der Waals surface area (Å²) in [5.74, 6) is -1.03. The predicted molar refractivity (Wildman–Crippen MR) is 80.2 cm³/mol. The lowest BCUT2D eigenvalue weighted by Crippen LogP contribution is -2.22. The van der Waals surface area contributed by atoms with E-state index < -0.39 is 16.0 Å². The number of benzene rings is 1. The van der Waals surface area contributed by atoms with Crippen LogP contribution in [0.3, 0.4) is 0 Å². The minimum Gasteiger partial charge on any atom is -0.477 e. The first-order chi connectivity index (χ1) is 9.66. The first-order valence-electron chi connectivity index (χ1n) is 6.47. The summed E-state index contributed by atoms with van der Waals surface area (Å²) in [7, 11) is -0.616. The van der Waals surface area contributed by atoms with Crippen LogP contribution in [0.2, 0.25) is 0 Å². The molecule has 114 valence electrons. The average Bonchev–Trinajstić information content (AvgIpc) is 2.76. The van der Waals surface area contributed by atoms with Crippen LogP contribution in [0.5, 0.6) is 0 Å². The first kappa shape index (κ1) is 15.5. The number of nitrogens with zero attached hydrogens (tertiary/aromatic N) is 2. The van der Waals surface area contributed by atoms with E-state index in [0.29, 0.717) is 10.9 Å². The second-order valence-electron chi connectivity index (χ2n) is 5.31. The van der Waals surface area contributed by atoms with Crippen LogP contribution in [0.25, 0.3) is 10.9 Å². The Balaban J connectivity index is 2.75. The Bertz CT molecular complexity index is 804. The van der Waals surface area contributed by atoms with Crippen molar-refractivity contribution in [1.82, 2.24) is 8.87 Å². The Morgan fingerprint density at radius 1 is 1.24 bits per heavy atom. The summed E-state index contributed by atoms with van der Waals surface area (Å²) in [6.45, 7) is 3.77. The van der Waals surface area contributed by atoms with Gasteiger partial charge in [0.25, 0.3) is 0 Å². The Hall–Kier alpha value is -1.86. The molecule has 0 unspecified atom stereocenters. The maximum Gasteiger partial charge on any atom is 0.352 e. The topological polar surface area (TPSA) is 79.6 Å². The summed E-state index contributed by atoms with van der Waals surface area (Å²) in [5, 5.41) is 9.89. The first-order valence-corrected chi connectivity index (χ1v) is 7.91. The highest BCUT2D eigenvalue weighted by atomic mass is 32.2. The minimum atomic E-state index is -3.54. The van der Waals surface area contributed by atoms with Gasteiger partial charge in [-0.2, -0.15) is 0 Å². The molecule has 0 aliphatic carbocycles. The van der Waals surface area contributed by atoms with E-state index in [0.717, 1.165) is 4.31 Å². The molecule has 0 aliphatic rings. The van der Waals surface area contributed by atoms with Gasteiger partial charge in [-0.3, -0.25) is 0 Å². The molecule has 0 bridgehead atoms. The average molecular weight is 310 g/mol. The zero-order chi connectivity index (χ0) is 15.9. The van der Waals surface area contributed by atoms with E-state index in [1.807, 2.05) is 13.8 Å². The van der Waals surface area contributed by atoms with Gasteiger partial charge in [-0.05, 0) is 38.1 Å². The van der Waals surface area contributed by atoms with Gasteiger partial charge in [0.15, 0.2) is 0 Å². The molecule has 1 N–H and O–H groups in total. The van der Waals surface area contributed by atoms with Gasteiger partial charge in [0, 0.05) is 31.0 Å². The highest BCUT2D eigenvalue weighted by Crippen LogP contribution is 2.27. The maximum absolute atomic E-state index is 12.1. The molecule has 21 heavy (non-hydrogen) atoms. The largest absolute Gasteiger partial charge is 0.477 e. The molecule has 2 rings (SSSR count). The zero-order valence-corrected chi connectivity index (χ0v) is 13.2. The summed E-state index contributed by atoms with van der Waals surface area (Å²) < 4.78 is 27.1. The summed E-state index contributed by atoms with van der Waals surface area (Å²) >= 11 is 0. The molecule has 1 aromatic carbocycles. The highest BCUT2D eigenvalue weighted by molar-refractivity contribution is 7.89. The molecule has 0 aliphatic heterocycles. The zero-order valence-electron chi connectivity index (χ0n) is 12.4. The second-order valence-corrected chi connectivity index (χ2v) is 7.46. The van der Waals surface area contributed by atoms with Crippen LogP contribution < -0.4 is 0 Å². The fourth-order valence-corrected chi connectivity index (χ4v) is 3.24. The van der Waals surface area contributed by atoms with E-state index in [9.17, 15) is 18.3 Å². The maximum atomic E-state index is 12.1. The van der Waals surface area contributed by atoms with Crippen LogP contribution in [0.15, 0.2) is 29.2 Å². The highest BCUT2D eigenvalue weighted by Gasteiger charge is 2.21. The molecule has 7 heteroatoms. The van der Waals surface area contributed by atoms with E-state index in [-0.39, 0.29) is 16.6 Å². The van der Waals surface area contributed by atoms with Gasteiger partial charge in [0.05, 0.1) is 4.90 Å². The summed E-state index contributed by atoms with van der Waals surface area (Å²) in [6, 6.07) is 6.13. The van der Waals surface area contributed by atoms with E-state index in [2.05, 4.69) is 0 Å². The lowest BCUT2D eigenvalue weighted by Gasteiger charge is -2.13. The van der Waals surface area contributed by atoms with E-state index in [4.69, 9.17) is 0 Å². The Morgan fingerprint density at radius 3 is 2.33 bits per heavy atom. The summed E-state index contributed by atoms with van der Waals surface area (Å²) in [4.78, 5) is 11.5. The Morgan fingerprint density at radius 2 is 1.86 bits per heavy atom. The number of fused-ring (bicyclic) bond motifs is 1. The van der Waals surface area contributed by atoms with Gasteiger partial charge in [0.1, 0.15) is 5.69 Å². The quantitative estimate of drug-likeness (QED) is 0.938.